The molecule has 206 valence electrons. The van der Waals surface area contributed by atoms with Gasteiger partial charge in [0.05, 0.1) is 26.4 Å². The van der Waals surface area contributed by atoms with Gasteiger partial charge in [0, 0.05) is 13.8 Å². The lowest BCUT2D eigenvalue weighted by Gasteiger charge is -2.44. The summed E-state index contributed by atoms with van der Waals surface area (Å²) in [5.41, 5.74) is 2.88. The largest absolute Gasteiger partial charge is 0.453 e. The first kappa shape index (κ1) is 28.4. The number of carbonyl (C=O) groups is 2. The van der Waals surface area contributed by atoms with E-state index in [1.807, 2.05) is 91.0 Å². The van der Waals surface area contributed by atoms with Crippen LogP contribution in [0.3, 0.4) is 0 Å². The number of carbonyl (C=O) groups excluding carboxylic acids is 2. The standard InChI is InChI=1S/C31H34O8/c1-22(32)37-30-29(36-20-26-16-10-5-11-17-26)28(35-19-25-14-8-4-9-15-25)27(39-31(30)38-23(2)33)21-34-18-24-12-6-3-7-13-24/h3-17,27-31H,18-21H2,1-2H3/t27-,28-,29+,30+,31?/m1/s1. The lowest BCUT2D eigenvalue weighted by atomic mass is 9.98. The Kier molecular flexibility index (Phi) is 10.6. The third-order valence-electron chi connectivity index (χ3n) is 6.14. The summed E-state index contributed by atoms with van der Waals surface area (Å²) < 4.78 is 36.0. The van der Waals surface area contributed by atoms with Crippen molar-refractivity contribution in [3.05, 3.63) is 108 Å². The fraction of sp³-hybridized carbons (Fsp3) is 0.355. The van der Waals surface area contributed by atoms with Crippen LogP contribution in [0.5, 0.6) is 0 Å². The molecular weight excluding hydrogens is 500 g/mol. The van der Waals surface area contributed by atoms with Crippen LogP contribution in [0.2, 0.25) is 0 Å². The maximum Gasteiger partial charge on any atom is 0.305 e. The first-order chi connectivity index (χ1) is 19.0. The Labute approximate surface area is 228 Å². The lowest BCUT2D eigenvalue weighted by molar-refractivity contribution is -0.312. The van der Waals surface area contributed by atoms with Crippen molar-refractivity contribution in [1.29, 1.82) is 0 Å². The van der Waals surface area contributed by atoms with Gasteiger partial charge in [-0.3, -0.25) is 9.59 Å². The van der Waals surface area contributed by atoms with Gasteiger partial charge in [-0.15, -0.1) is 0 Å². The molecule has 5 atom stereocenters. The van der Waals surface area contributed by atoms with Gasteiger partial charge < -0.3 is 28.4 Å². The number of esters is 2. The molecule has 0 saturated carbocycles. The van der Waals surface area contributed by atoms with E-state index in [2.05, 4.69) is 0 Å². The molecule has 0 bridgehead atoms. The topological polar surface area (TPSA) is 89.5 Å². The Bertz CT molecular complexity index is 1150. The average Bonchev–Trinajstić information content (AvgIpc) is 2.94. The molecule has 39 heavy (non-hydrogen) atoms. The van der Waals surface area contributed by atoms with Crippen molar-refractivity contribution in [2.24, 2.45) is 0 Å². The summed E-state index contributed by atoms with van der Waals surface area (Å²) >= 11 is 0. The molecule has 0 aromatic heterocycles. The van der Waals surface area contributed by atoms with E-state index in [9.17, 15) is 9.59 Å². The van der Waals surface area contributed by atoms with Crippen LogP contribution in [0.25, 0.3) is 0 Å². The van der Waals surface area contributed by atoms with E-state index in [4.69, 9.17) is 28.4 Å². The molecule has 1 fully saturated rings. The predicted octanol–water partition coefficient (Wildman–Crippen LogP) is 4.59. The van der Waals surface area contributed by atoms with Crippen LogP contribution in [0, 0.1) is 0 Å². The van der Waals surface area contributed by atoms with E-state index in [1.165, 1.54) is 13.8 Å². The molecule has 8 nitrogen and oxygen atoms in total. The minimum absolute atomic E-state index is 0.129. The molecule has 1 saturated heterocycles. The number of rotatable bonds is 12. The van der Waals surface area contributed by atoms with Gasteiger partial charge in [-0.25, -0.2) is 0 Å². The van der Waals surface area contributed by atoms with Crippen molar-refractivity contribution in [3.8, 4) is 0 Å². The highest BCUT2D eigenvalue weighted by molar-refractivity contribution is 5.67. The van der Waals surface area contributed by atoms with Crippen molar-refractivity contribution in [1.82, 2.24) is 0 Å². The van der Waals surface area contributed by atoms with Crippen LogP contribution in [-0.4, -0.2) is 49.3 Å². The van der Waals surface area contributed by atoms with Crippen molar-refractivity contribution in [2.75, 3.05) is 6.61 Å². The quantitative estimate of drug-likeness (QED) is 0.312. The zero-order valence-corrected chi connectivity index (χ0v) is 22.1. The first-order valence-corrected chi connectivity index (χ1v) is 12.9. The maximum absolute atomic E-state index is 12.1. The fourth-order valence-corrected chi connectivity index (χ4v) is 4.38. The molecule has 1 aliphatic heterocycles. The fourth-order valence-electron chi connectivity index (χ4n) is 4.38. The van der Waals surface area contributed by atoms with Crippen molar-refractivity contribution < 1.29 is 38.0 Å². The summed E-state index contributed by atoms with van der Waals surface area (Å²) in [6, 6.07) is 29.1. The van der Waals surface area contributed by atoms with E-state index in [-0.39, 0.29) is 19.8 Å². The molecule has 3 aromatic carbocycles. The second-order valence-electron chi connectivity index (χ2n) is 9.25. The molecule has 0 N–H and O–H groups in total. The normalized spacial score (nSPS) is 22.7. The highest BCUT2D eigenvalue weighted by Gasteiger charge is 2.51. The summed E-state index contributed by atoms with van der Waals surface area (Å²) in [7, 11) is 0. The van der Waals surface area contributed by atoms with Gasteiger partial charge in [0.15, 0.2) is 6.10 Å². The zero-order valence-electron chi connectivity index (χ0n) is 22.1. The van der Waals surface area contributed by atoms with Crippen LogP contribution in [0.1, 0.15) is 30.5 Å². The van der Waals surface area contributed by atoms with Gasteiger partial charge >= 0.3 is 11.9 Å². The number of hydrogen-bond acceptors (Lipinski definition) is 8. The molecule has 0 amide bonds. The minimum Gasteiger partial charge on any atom is -0.453 e. The van der Waals surface area contributed by atoms with Gasteiger partial charge in [-0.05, 0) is 16.7 Å². The average molecular weight is 535 g/mol. The lowest BCUT2D eigenvalue weighted by Crippen LogP contribution is -2.62. The van der Waals surface area contributed by atoms with Gasteiger partial charge in [0.2, 0.25) is 6.29 Å². The number of benzene rings is 3. The predicted molar refractivity (Wildman–Crippen MR) is 142 cm³/mol. The van der Waals surface area contributed by atoms with Crippen LogP contribution in [0.15, 0.2) is 91.0 Å². The summed E-state index contributed by atoms with van der Waals surface area (Å²) in [5, 5.41) is 0. The van der Waals surface area contributed by atoms with E-state index >= 15 is 0 Å². The Morgan fingerprint density at radius 2 is 1.08 bits per heavy atom. The van der Waals surface area contributed by atoms with Gasteiger partial charge in [-0.1, -0.05) is 91.0 Å². The summed E-state index contributed by atoms with van der Waals surface area (Å²) in [4.78, 5) is 24.1. The Hall–Kier alpha value is -3.56. The van der Waals surface area contributed by atoms with Crippen LogP contribution in [-0.2, 0) is 57.8 Å². The first-order valence-electron chi connectivity index (χ1n) is 12.9. The molecule has 3 aromatic rings. The SMILES string of the molecule is CC(=O)OC1O[C@H](COCc2ccccc2)[C@@H](OCc2ccccc2)[C@H](OCc2ccccc2)[C@@H]1OC(C)=O. The zero-order chi connectivity index (χ0) is 27.5. The number of ether oxygens (including phenoxy) is 6. The van der Waals surface area contributed by atoms with E-state index in [0.29, 0.717) is 6.61 Å². The molecule has 0 aliphatic carbocycles. The highest BCUT2D eigenvalue weighted by atomic mass is 16.7. The third kappa shape index (κ3) is 8.73. The highest BCUT2D eigenvalue weighted by Crippen LogP contribution is 2.31. The Morgan fingerprint density at radius 1 is 0.615 bits per heavy atom. The van der Waals surface area contributed by atoms with Crippen molar-refractivity contribution in [3.63, 3.8) is 0 Å². The van der Waals surface area contributed by atoms with Gasteiger partial charge in [0.1, 0.15) is 18.3 Å². The van der Waals surface area contributed by atoms with Gasteiger partial charge in [0.25, 0.3) is 0 Å². The van der Waals surface area contributed by atoms with E-state index < -0.39 is 42.6 Å². The number of hydrogen-bond donors (Lipinski definition) is 0. The smallest absolute Gasteiger partial charge is 0.305 e. The Balaban J connectivity index is 1.60. The molecule has 0 spiro atoms. The second-order valence-corrected chi connectivity index (χ2v) is 9.25. The minimum atomic E-state index is -1.20. The molecule has 4 rings (SSSR count). The van der Waals surface area contributed by atoms with Crippen LogP contribution >= 0.6 is 0 Å². The van der Waals surface area contributed by atoms with E-state index in [1.54, 1.807) is 0 Å². The molecule has 1 unspecified atom stereocenters. The Morgan fingerprint density at radius 3 is 1.56 bits per heavy atom. The van der Waals surface area contributed by atoms with Gasteiger partial charge in [-0.2, -0.15) is 0 Å². The molecule has 1 heterocycles. The third-order valence-corrected chi connectivity index (χ3v) is 6.14. The summed E-state index contributed by atoms with van der Waals surface area (Å²) in [6.07, 6.45) is -4.47. The molecule has 0 radical (unpaired) electrons. The van der Waals surface area contributed by atoms with E-state index in [0.717, 1.165) is 16.7 Å². The monoisotopic (exact) mass is 534 g/mol. The van der Waals surface area contributed by atoms with Crippen LogP contribution < -0.4 is 0 Å². The summed E-state index contributed by atoms with van der Waals surface area (Å²) in [6.45, 7) is 3.53. The second kappa shape index (κ2) is 14.6. The van der Waals surface area contributed by atoms with Crippen LogP contribution in [0.4, 0.5) is 0 Å². The molecular formula is C31H34O8. The molecule has 8 heteroatoms. The van der Waals surface area contributed by atoms with Crippen molar-refractivity contribution >= 4 is 11.9 Å². The van der Waals surface area contributed by atoms with Crippen molar-refractivity contribution in [2.45, 2.75) is 64.4 Å². The molecule has 1 aliphatic rings. The maximum atomic E-state index is 12.1. The summed E-state index contributed by atoms with van der Waals surface area (Å²) in [5.74, 6) is -1.14.